The lowest BCUT2D eigenvalue weighted by Gasteiger charge is -2.33. The smallest absolute Gasteiger partial charge is 0.222 e. The van der Waals surface area contributed by atoms with Crippen LogP contribution in [0.2, 0.25) is 0 Å². The first kappa shape index (κ1) is 16.7. The Kier molecular flexibility index (Phi) is 5.75. The predicted molar refractivity (Wildman–Crippen MR) is 85.8 cm³/mol. The van der Waals surface area contributed by atoms with E-state index in [1.165, 1.54) is 0 Å². The Labute approximate surface area is 133 Å². The predicted octanol–water partition coefficient (Wildman–Crippen LogP) is 2.90. The van der Waals surface area contributed by atoms with E-state index in [0.29, 0.717) is 24.8 Å². The summed E-state index contributed by atoms with van der Waals surface area (Å²) in [6.45, 7) is 9.56. The second-order valence-electron chi connectivity index (χ2n) is 6.33. The van der Waals surface area contributed by atoms with Crippen molar-refractivity contribution in [3.05, 3.63) is 17.6 Å². The van der Waals surface area contributed by atoms with Crippen LogP contribution in [0.4, 0.5) is 0 Å². The summed E-state index contributed by atoms with van der Waals surface area (Å²) in [5.41, 5.74) is 0.906. The van der Waals surface area contributed by atoms with Gasteiger partial charge in [-0.05, 0) is 32.6 Å². The summed E-state index contributed by atoms with van der Waals surface area (Å²) in [5, 5.41) is 0. The average Bonchev–Trinajstić information content (AvgIpc) is 2.46. The summed E-state index contributed by atoms with van der Waals surface area (Å²) < 4.78 is 5.98. The molecule has 0 radical (unpaired) electrons. The molecule has 0 aliphatic carbocycles. The van der Waals surface area contributed by atoms with Crippen molar-refractivity contribution in [2.75, 3.05) is 13.1 Å². The van der Waals surface area contributed by atoms with Gasteiger partial charge in [0.2, 0.25) is 11.8 Å². The molecule has 122 valence electrons. The van der Waals surface area contributed by atoms with Gasteiger partial charge in [0.25, 0.3) is 0 Å². The van der Waals surface area contributed by atoms with Gasteiger partial charge in [0.05, 0.1) is 6.54 Å². The molecule has 1 amide bonds. The maximum absolute atomic E-state index is 12.3. The Balaban J connectivity index is 1.94. The highest BCUT2D eigenvalue weighted by Gasteiger charge is 2.25. The second kappa shape index (κ2) is 7.56. The minimum absolute atomic E-state index is 0.0309. The number of ether oxygens (including phenoxy) is 1. The zero-order valence-corrected chi connectivity index (χ0v) is 14.1. The lowest BCUT2D eigenvalue weighted by atomic mass is 10.0. The standard InChI is InChI=1S/C17H27N3O2/c1-5-12(2)9-17(21)20-8-6-7-15(11-20)22-16-10-13(3)18-14(4)19-16/h10,12,15H,5-9,11H2,1-4H3. The minimum atomic E-state index is 0.0309. The molecule has 1 saturated heterocycles. The summed E-state index contributed by atoms with van der Waals surface area (Å²) >= 11 is 0. The molecule has 1 aliphatic rings. The molecule has 2 heterocycles. The van der Waals surface area contributed by atoms with Crippen molar-refractivity contribution >= 4 is 5.91 Å². The normalized spacial score (nSPS) is 19.8. The summed E-state index contributed by atoms with van der Waals surface area (Å²) in [7, 11) is 0. The van der Waals surface area contributed by atoms with Crippen LogP contribution in [0.5, 0.6) is 5.88 Å². The van der Waals surface area contributed by atoms with E-state index in [1.54, 1.807) is 0 Å². The molecule has 1 fully saturated rings. The van der Waals surface area contributed by atoms with Gasteiger partial charge in [-0.1, -0.05) is 20.3 Å². The van der Waals surface area contributed by atoms with Gasteiger partial charge in [0.15, 0.2) is 0 Å². The second-order valence-corrected chi connectivity index (χ2v) is 6.33. The lowest BCUT2D eigenvalue weighted by molar-refractivity contribution is -0.134. The van der Waals surface area contributed by atoms with Gasteiger partial charge in [-0.15, -0.1) is 0 Å². The van der Waals surface area contributed by atoms with Crippen molar-refractivity contribution in [1.82, 2.24) is 14.9 Å². The van der Waals surface area contributed by atoms with Gasteiger partial charge in [-0.2, -0.15) is 4.98 Å². The Morgan fingerprint density at radius 2 is 2.23 bits per heavy atom. The first-order chi connectivity index (χ1) is 10.5. The molecule has 0 saturated carbocycles. The molecule has 5 nitrogen and oxygen atoms in total. The highest BCUT2D eigenvalue weighted by molar-refractivity contribution is 5.76. The fraction of sp³-hybridized carbons (Fsp3) is 0.706. The molecule has 1 aliphatic heterocycles. The number of amides is 1. The maximum Gasteiger partial charge on any atom is 0.222 e. The first-order valence-electron chi connectivity index (χ1n) is 8.24. The van der Waals surface area contributed by atoms with Gasteiger partial charge < -0.3 is 9.64 Å². The van der Waals surface area contributed by atoms with E-state index in [-0.39, 0.29) is 12.0 Å². The summed E-state index contributed by atoms with van der Waals surface area (Å²) in [4.78, 5) is 22.8. The van der Waals surface area contributed by atoms with Crippen molar-refractivity contribution < 1.29 is 9.53 Å². The van der Waals surface area contributed by atoms with E-state index in [9.17, 15) is 4.79 Å². The molecular weight excluding hydrogens is 278 g/mol. The molecule has 0 bridgehead atoms. The third-order valence-corrected chi connectivity index (χ3v) is 4.18. The molecule has 2 atom stereocenters. The van der Waals surface area contributed by atoms with Crippen LogP contribution in [0, 0.1) is 19.8 Å². The van der Waals surface area contributed by atoms with Crippen LogP contribution in [-0.2, 0) is 4.79 Å². The fourth-order valence-electron chi connectivity index (χ4n) is 2.75. The molecule has 22 heavy (non-hydrogen) atoms. The summed E-state index contributed by atoms with van der Waals surface area (Å²) in [5.74, 6) is 2.03. The van der Waals surface area contributed by atoms with Gasteiger partial charge in [0.1, 0.15) is 11.9 Å². The van der Waals surface area contributed by atoms with Crippen molar-refractivity contribution in [2.45, 2.75) is 59.5 Å². The number of hydrogen-bond acceptors (Lipinski definition) is 4. The minimum Gasteiger partial charge on any atom is -0.472 e. The monoisotopic (exact) mass is 305 g/mol. The summed E-state index contributed by atoms with van der Waals surface area (Å²) in [6, 6.07) is 1.85. The number of carbonyl (C=O) groups is 1. The van der Waals surface area contributed by atoms with Crippen LogP contribution in [0.3, 0.4) is 0 Å². The third kappa shape index (κ3) is 4.68. The van der Waals surface area contributed by atoms with Crippen LogP contribution >= 0.6 is 0 Å². The molecule has 2 rings (SSSR count). The average molecular weight is 305 g/mol. The van der Waals surface area contributed by atoms with Crippen molar-refractivity contribution in [3.63, 3.8) is 0 Å². The van der Waals surface area contributed by atoms with Crippen LogP contribution in [0.25, 0.3) is 0 Å². The first-order valence-corrected chi connectivity index (χ1v) is 8.24. The Hall–Kier alpha value is -1.65. The van der Waals surface area contributed by atoms with Crippen LogP contribution in [0.1, 0.15) is 51.0 Å². The maximum atomic E-state index is 12.3. The number of aromatic nitrogens is 2. The number of likely N-dealkylation sites (tertiary alicyclic amines) is 1. The number of nitrogens with zero attached hydrogens (tertiary/aromatic N) is 3. The van der Waals surface area contributed by atoms with Crippen molar-refractivity contribution in [3.8, 4) is 5.88 Å². The molecule has 1 aromatic heterocycles. The molecule has 1 aromatic rings. The van der Waals surface area contributed by atoms with E-state index in [4.69, 9.17) is 4.74 Å². The van der Waals surface area contributed by atoms with Gasteiger partial charge >= 0.3 is 0 Å². The van der Waals surface area contributed by atoms with E-state index in [1.807, 2.05) is 24.8 Å². The van der Waals surface area contributed by atoms with E-state index in [2.05, 4.69) is 23.8 Å². The topological polar surface area (TPSA) is 55.3 Å². The highest BCUT2D eigenvalue weighted by Crippen LogP contribution is 2.19. The van der Waals surface area contributed by atoms with Crippen LogP contribution in [0.15, 0.2) is 6.07 Å². The molecule has 5 heteroatoms. The lowest BCUT2D eigenvalue weighted by Crippen LogP contribution is -2.44. The molecule has 0 aromatic carbocycles. The highest BCUT2D eigenvalue weighted by atomic mass is 16.5. The molecule has 0 spiro atoms. The van der Waals surface area contributed by atoms with E-state index >= 15 is 0 Å². The van der Waals surface area contributed by atoms with Crippen molar-refractivity contribution in [2.24, 2.45) is 5.92 Å². The zero-order valence-electron chi connectivity index (χ0n) is 14.1. The third-order valence-electron chi connectivity index (χ3n) is 4.18. The number of rotatable bonds is 5. The van der Waals surface area contributed by atoms with Crippen LogP contribution in [-0.4, -0.2) is 40.0 Å². The molecular formula is C17H27N3O2. The fourth-order valence-corrected chi connectivity index (χ4v) is 2.75. The largest absolute Gasteiger partial charge is 0.472 e. The Morgan fingerprint density at radius 1 is 1.45 bits per heavy atom. The molecule has 0 N–H and O–H groups in total. The molecule has 2 unspecified atom stereocenters. The Morgan fingerprint density at radius 3 is 2.91 bits per heavy atom. The SMILES string of the molecule is CCC(C)CC(=O)N1CCCC(Oc2cc(C)nc(C)n2)C1. The number of carbonyl (C=O) groups excluding carboxylic acids is 1. The summed E-state index contributed by atoms with van der Waals surface area (Å²) in [6.07, 6.45) is 3.66. The van der Waals surface area contributed by atoms with E-state index < -0.39 is 0 Å². The van der Waals surface area contributed by atoms with E-state index in [0.717, 1.165) is 37.3 Å². The number of piperidine rings is 1. The quantitative estimate of drug-likeness (QED) is 0.839. The zero-order chi connectivity index (χ0) is 16.1. The number of aryl methyl sites for hydroxylation is 2. The van der Waals surface area contributed by atoms with Gasteiger partial charge in [0, 0.05) is 24.7 Å². The Bertz CT molecular complexity index is 498. The van der Waals surface area contributed by atoms with Gasteiger partial charge in [-0.3, -0.25) is 4.79 Å². The van der Waals surface area contributed by atoms with Crippen LogP contribution < -0.4 is 4.74 Å². The number of hydrogen-bond donors (Lipinski definition) is 0. The van der Waals surface area contributed by atoms with Gasteiger partial charge in [-0.25, -0.2) is 4.98 Å². The van der Waals surface area contributed by atoms with Crippen molar-refractivity contribution in [1.29, 1.82) is 0 Å².